The molecule has 2 rings (SSSR count). The Morgan fingerprint density at radius 1 is 1.04 bits per heavy atom. The number of hydrogen-bond donors (Lipinski definition) is 0. The first kappa shape index (κ1) is 17.1. The van der Waals surface area contributed by atoms with Gasteiger partial charge in [0.2, 0.25) is 0 Å². The minimum absolute atomic E-state index is 0.141. The van der Waals surface area contributed by atoms with Crippen molar-refractivity contribution in [3.63, 3.8) is 0 Å². The largest absolute Gasteiger partial charge is 0.491 e. The summed E-state index contributed by atoms with van der Waals surface area (Å²) < 4.78 is 11.8. The van der Waals surface area contributed by atoms with Crippen molar-refractivity contribution in [2.24, 2.45) is 0 Å². The van der Waals surface area contributed by atoms with Crippen LogP contribution in [0.1, 0.15) is 45.2 Å². The van der Waals surface area contributed by atoms with E-state index in [1.807, 2.05) is 38.1 Å². The van der Waals surface area contributed by atoms with Crippen molar-refractivity contribution in [3.8, 4) is 11.5 Å². The van der Waals surface area contributed by atoms with E-state index in [-0.39, 0.29) is 6.10 Å². The molecule has 2 aromatic rings. The van der Waals surface area contributed by atoms with Gasteiger partial charge in [0, 0.05) is 6.07 Å². The lowest BCUT2D eigenvalue weighted by Gasteiger charge is -2.15. The third-order valence-corrected chi connectivity index (χ3v) is 3.47. The topological polar surface area (TPSA) is 18.5 Å². The van der Waals surface area contributed by atoms with E-state index in [4.69, 9.17) is 9.47 Å². The summed E-state index contributed by atoms with van der Waals surface area (Å²) in [5.74, 6) is 1.69. The fourth-order valence-electron chi connectivity index (χ4n) is 2.39. The van der Waals surface area contributed by atoms with Gasteiger partial charge in [0.1, 0.15) is 18.1 Å². The van der Waals surface area contributed by atoms with Crippen LogP contribution in [0.25, 0.3) is 5.57 Å². The third-order valence-electron chi connectivity index (χ3n) is 3.47. The number of allylic oxidation sites excluding steroid dienone is 2. The summed E-state index contributed by atoms with van der Waals surface area (Å²) in [4.78, 5) is 0. The quantitative estimate of drug-likeness (QED) is 0.637. The third kappa shape index (κ3) is 5.48. The Bertz CT molecular complexity index is 642. The number of rotatable bonds is 7. The van der Waals surface area contributed by atoms with Crippen molar-refractivity contribution >= 4 is 5.57 Å². The molecule has 23 heavy (non-hydrogen) atoms. The monoisotopic (exact) mass is 310 g/mol. The molecule has 0 aliphatic carbocycles. The zero-order valence-corrected chi connectivity index (χ0v) is 14.5. The van der Waals surface area contributed by atoms with Gasteiger partial charge in [0.15, 0.2) is 0 Å². The molecule has 0 aliphatic heterocycles. The molecule has 0 spiro atoms. The fourth-order valence-corrected chi connectivity index (χ4v) is 2.39. The maximum absolute atomic E-state index is 5.98. The smallest absolute Gasteiger partial charge is 0.124 e. The number of benzene rings is 2. The van der Waals surface area contributed by atoms with Gasteiger partial charge in [-0.3, -0.25) is 0 Å². The van der Waals surface area contributed by atoms with Crippen molar-refractivity contribution in [2.45, 2.75) is 46.8 Å². The predicted molar refractivity (Wildman–Crippen MR) is 96.9 cm³/mol. The minimum atomic E-state index is 0.141. The van der Waals surface area contributed by atoms with E-state index in [0.717, 1.165) is 29.0 Å². The molecule has 2 nitrogen and oxygen atoms in total. The summed E-state index contributed by atoms with van der Waals surface area (Å²) in [5.41, 5.74) is 3.55. The molecule has 0 radical (unpaired) electrons. The molecule has 0 aromatic heterocycles. The van der Waals surface area contributed by atoms with Gasteiger partial charge in [0.05, 0.1) is 6.10 Å². The summed E-state index contributed by atoms with van der Waals surface area (Å²) in [6, 6.07) is 16.3. The van der Waals surface area contributed by atoms with E-state index in [1.54, 1.807) is 0 Å². The summed E-state index contributed by atoms with van der Waals surface area (Å²) in [7, 11) is 0. The highest BCUT2D eigenvalue weighted by atomic mass is 16.5. The molecular formula is C21H26O2. The molecule has 0 amide bonds. The van der Waals surface area contributed by atoms with Crippen molar-refractivity contribution in [1.82, 2.24) is 0 Å². The molecule has 0 aliphatic rings. The first-order valence-corrected chi connectivity index (χ1v) is 8.24. The maximum atomic E-state index is 5.98. The maximum Gasteiger partial charge on any atom is 0.124 e. The molecule has 0 fully saturated rings. The standard InChI is InChI=1S/C21H26O2/c1-5-9-17(4)19-12-20(14-21(13-19)23-16(2)3)22-15-18-10-7-6-8-11-18/h6-14,16H,5,15H2,1-4H3/b17-9-. The van der Waals surface area contributed by atoms with Crippen LogP contribution < -0.4 is 9.47 Å². The van der Waals surface area contributed by atoms with E-state index in [1.165, 1.54) is 5.57 Å². The molecule has 0 heterocycles. The summed E-state index contributed by atoms with van der Waals surface area (Å²) in [6.45, 7) is 8.89. The molecule has 2 heteroatoms. The van der Waals surface area contributed by atoms with Crippen LogP contribution in [0.4, 0.5) is 0 Å². The lowest BCUT2D eigenvalue weighted by molar-refractivity contribution is 0.239. The van der Waals surface area contributed by atoms with Crippen LogP contribution in [0.2, 0.25) is 0 Å². The van der Waals surface area contributed by atoms with Gasteiger partial charge in [-0.15, -0.1) is 0 Å². The van der Waals surface area contributed by atoms with Gasteiger partial charge in [0.25, 0.3) is 0 Å². The second-order valence-electron chi connectivity index (χ2n) is 5.93. The molecule has 0 bridgehead atoms. The highest BCUT2D eigenvalue weighted by Gasteiger charge is 2.07. The Hall–Kier alpha value is -2.22. The molecule has 0 atom stereocenters. The van der Waals surface area contributed by atoms with Gasteiger partial charge < -0.3 is 9.47 Å². The summed E-state index contributed by atoms with van der Waals surface area (Å²) in [6.07, 6.45) is 3.37. The van der Waals surface area contributed by atoms with Crippen LogP contribution >= 0.6 is 0 Å². The SMILES string of the molecule is CC/C=C(/C)c1cc(OCc2ccccc2)cc(OC(C)C)c1. The number of ether oxygens (including phenoxy) is 2. The Balaban J connectivity index is 2.22. The zero-order chi connectivity index (χ0) is 16.7. The van der Waals surface area contributed by atoms with E-state index < -0.39 is 0 Å². The molecule has 0 unspecified atom stereocenters. The van der Waals surface area contributed by atoms with Gasteiger partial charge in [-0.1, -0.05) is 43.3 Å². The van der Waals surface area contributed by atoms with Crippen molar-refractivity contribution in [2.75, 3.05) is 0 Å². The zero-order valence-electron chi connectivity index (χ0n) is 14.5. The predicted octanol–water partition coefficient (Wildman–Crippen LogP) is 5.87. The summed E-state index contributed by atoms with van der Waals surface area (Å²) >= 11 is 0. The van der Waals surface area contributed by atoms with Crippen LogP contribution in [0.15, 0.2) is 54.6 Å². The van der Waals surface area contributed by atoms with Crippen LogP contribution in [-0.4, -0.2) is 6.10 Å². The van der Waals surface area contributed by atoms with Crippen molar-refractivity contribution in [3.05, 3.63) is 65.7 Å². The van der Waals surface area contributed by atoms with E-state index in [9.17, 15) is 0 Å². The van der Waals surface area contributed by atoms with Crippen LogP contribution in [0.3, 0.4) is 0 Å². The summed E-state index contributed by atoms with van der Waals surface area (Å²) in [5, 5.41) is 0. The van der Waals surface area contributed by atoms with Crippen molar-refractivity contribution in [1.29, 1.82) is 0 Å². The Morgan fingerprint density at radius 2 is 1.74 bits per heavy atom. The molecule has 0 saturated carbocycles. The molecular weight excluding hydrogens is 284 g/mol. The second kappa shape index (κ2) is 8.42. The van der Waals surface area contributed by atoms with Gasteiger partial charge in [-0.2, -0.15) is 0 Å². The van der Waals surface area contributed by atoms with E-state index >= 15 is 0 Å². The average molecular weight is 310 g/mol. The molecule has 122 valence electrons. The lowest BCUT2D eigenvalue weighted by Crippen LogP contribution is -2.06. The van der Waals surface area contributed by atoms with Gasteiger partial charge in [-0.25, -0.2) is 0 Å². The van der Waals surface area contributed by atoms with E-state index in [2.05, 4.69) is 44.2 Å². The first-order valence-electron chi connectivity index (χ1n) is 8.24. The highest BCUT2D eigenvalue weighted by molar-refractivity contribution is 5.66. The molecule has 0 N–H and O–H groups in total. The second-order valence-corrected chi connectivity index (χ2v) is 5.93. The fraction of sp³-hybridized carbons (Fsp3) is 0.333. The average Bonchev–Trinajstić information content (AvgIpc) is 2.53. The van der Waals surface area contributed by atoms with Gasteiger partial charge in [-0.05, 0) is 56.0 Å². The Morgan fingerprint density at radius 3 is 2.39 bits per heavy atom. The lowest BCUT2D eigenvalue weighted by atomic mass is 10.1. The van der Waals surface area contributed by atoms with Crippen LogP contribution in [-0.2, 0) is 6.61 Å². The van der Waals surface area contributed by atoms with Gasteiger partial charge >= 0.3 is 0 Å². The number of hydrogen-bond acceptors (Lipinski definition) is 2. The van der Waals surface area contributed by atoms with E-state index in [0.29, 0.717) is 6.61 Å². The van der Waals surface area contributed by atoms with Crippen LogP contribution in [0.5, 0.6) is 11.5 Å². The first-order chi connectivity index (χ1) is 11.1. The molecule has 0 saturated heterocycles. The molecule has 2 aromatic carbocycles. The highest BCUT2D eigenvalue weighted by Crippen LogP contribution is 2.28. The van der Waals surface area contributed by atoms with Crippen molar-refractivity contribution < 1.29 is 9.47 Å². The Kier molecular flexibility index (Phi) is 6.28. The minimum Gasteiger partial charge on any atom is -0.491 e. The Labute approximate surface area is 139 Å². The van der Waals surface area contributed by atoms with Crippen LogP contribution in [0, 0.1) is 0 Å². The normalized spacial score (nSPS) is 11.6.